The quantitative estimate of drug-likeness (QED) is 0.553. The Morgan fingerprint density at radius 1 is 1.07 bits per heavy atom. The van der Waals surface area contributed by atoms with Crippen molar-refractivity contribution in [3.63, 3.8) is 0 Å². The third kappa shape index (κ3) is 1.83. The van der Waals surface area contributed by atoms with Crippen molar-refractivity contribution in [2.45, 2.75) is 0 Å². The molecule has 2 aromatic rings. The molecular formula is C11H8N2O2. The van der Waals surface area contributed by atoms with Crippen LogP contribution in [0.1, 0.15) is 0 Å². The molecule has 0 atom stereocenters. The molecule has 0 aliphatic carbocycles. The summed E-state index contributed by atoms with van der Waals surface area (Å²) in [4.78, 5) is 14.4. The van der Waals surface area contributed by atoms with Crippen LogP contribution in [0.15, 0.2) is 48.7 Å². The van der Waals surface area contributed by atoms with Crippen molar-refractivity contribution in [3.8, 4) is 11.3 Å². The number of pyridine rings is 1. The number of nitro groups is 1. The van der Waals surface area contributed by atoms with Gasteiger partial charge in [-0.3, -0.25) is 10.1 Å². The molecule has 0 radical (unpaired) electrons. The Bertz CT molecular complexity index is 483. The summed E-state index contributed by atoms with van der Waals surface area (Å²) in [6.45, 7) is 0. The molecule has 0 amide bonds. The number of rotatable bonds is 2. The van der Waals surface area contributed by atoms with Crippen LogP contribution in [0.5, 0.6) is 0 Å². The van der Waals surface area contributed by atoms with Gasteiger partial charge in [-0.05, 0) is 6.07 Å². The minimum Gasteiger partial charge on any atom is -0.258 e. The molecule has 1 aromatic carbocycles. The molecule has 0 bridgehead atoms. The van der Waals surface area contributed by atoms with Crippen molar-refractivity contribution in [3.05, 3.63) is 58.8 Å². The third-order valence-electron chi connectivity index (χ3n) is 2.03. The van der Waals surface area contributed by atoms with Gasteiger partial charge < -0.3 is 0 Å². The number of nitrogens with zero attached hydrogens (tertiary/aromatic N) is 2. The van der Waals surface area contributed by atoms with Crippen LogP contribution in [0.2, 0.25) is 0 Å². The Kier molecular flexibility index (Phi) is 2.41. The fraction of sp³-hybridized carbons (Fsp3) is 0. The Morgan fingerprint density at radius 3 is 2.47 bits per heavy atom. The number of hydrogen-bond donors (Lipinski definition) is 0. The van der Waals surface area contributed by atoms with Gasteiger partial charge in [0.2, 0.25) is 0 Å². The summed E-state index contributed by atoms with van der Waals surface area (Å²) in [5.74, 6) is 0. The molecule has 4 heteroatoms. The molecule has 0 aliphatic heterocycles. The second-order valence-corrected chi connectivity index (χ2v) is 2.99. The molecule has 0 N–H and O–H groups in total. The maximum Gasteiger partial charge on any atom is 0.295 e. The maximum atomic E-state index is 10.8. The zero-order valence-electron chi connectivity index (χ0n) is 7.83. The zero-order chi connectivity index (χ0) is 10.7. The second-order valence-electron chi connectivity index (χ2n) is 2.99. The maximum absolute atomic E-state index is 10.8. The fourth-order valence-electron chi connectivity index (χ4n) is 1.36. The van der Waals surface area contributed by atoms with Gasteiger partial charge in [0, 0.05) is 17.8 Å². The lowest BCUT2D eigenvalue weighted by molar-refractivity contribution is -0.384. The first-order valence-electron chi connectivity index (χ1n) is 4.44. The number of hydrogen-bond acceptors (Lipinski definition) is 3. The van der Waals surface area contributed by atoms with E-state index in [4.69, 9.17) is 0 Å². The number of benzene rings is 1. The summed E-state index contributed by atoms with van der Waals surface area (Å²) in [6, 6.07) is 12.1. The van der Waals surface area contributed by atoms with Crippen LogP contribution < -0.4 is 0 Å². The van der Waals surface area contributed by atoms with Gasteiger partial charge in [0.05, 0.1) is 4.92 Å². The molecule has 0 unspecified atom stereocenters. The number of aromatic nitrogens is 1. The molecular weight excluding hydrogens is 192 g/mol. The average molecular weight is 200 g/mol. The SMILES string of the molecule is O=[N+]([O-])c1cccnc1-c1ccccc1. The van der Waals surface area contributed by atoms with E-state index in [9.17, 15) is 10.1 Å². The minimum absolute atomic E-state index is 0.0312. The first-order chi connectivity index (χ1) is 7.29. The van der Waals surface area contributed by atoms with Crippen LogP contribution in [0.4, 0.5) is 5.69 Å². The lowest BCUT2D eigenvalue weighted by atomic mass is 10.1. The van der Waals surface area contributed by atoms with E-state index in [0.29, 0.717) is 5.69 Å². The normalized spacial score (nSPS) is 9.87. The van der Waals surface area contributed by atoms with Crippen LogP contribution in [0, 0.1) is 10.1 Å². The largest absolute Gasteiger partial charge is 0.295 e. The van der Waals surface area contributed by atoms with E-state index in [1.165, 1.54) is 6.07 Å². The lowest BCUT2D eigenvalue weighted by Crippen LogP contribution is -1.93. The molecule has 1 heterocycles. The van der Waals surface area contributed by atoms with E-state index >= 15 is 0 Å². The predicted molar refractivity (Wildman–Crippen MR) is 56.3 cm³/mol. The van der Waals surface area contributed by atoms with Crippen molar-refractivity contribution in [2.75, 3.05) is 0 Å². The summed E-state index contributed by atoms with van der Waals surface area (Å²) < 4.78 is 0. The monoisotopic (exact) mass is 200 g/mol. The van der Waals surface area contributed by atoms with Gasteiger partial charge in [0.1, 0.15) is 5.69 Å². The Morgan fingerprint density at radius 2 is 1.80 bits per heavy atom. The highest BCUT2D eigenvalue weighted by atomic mass is 16.6. The first-order valence-corrected chi connectivity index (χ1v) is 4.44. The predicted octanol–water partition coefficient (Wildman–Crippen LogP) is 2.66. The van der Waals surface area contributed by atoms with Gasteiger partial charge in [0.15, 0.2) is 0 Å². The van der Waals surface area contributed by atoms with Gasteiger partial charge in [-0.2, -0.15) is 0 Å². The molecule has 0 spiro atoms. The summed E-state index contributed by atoms with van der Waals surface area (Å²) in [7, 11) is 0. The van der Waals surface area contributed by atoms with Crippen LogP contribution in [0.25, 0.3) is 11.3 Å². The standard InChI is InChI=1S/C11H8N2O2/c14-13(15)10-7-4-8-12-11(10)9-5-2-1-3-6-9/h1-8H. The van der Waals surface area contributed by atoms with Crippen molar-refractivity contribution < 1.29 is 4.92 Å². The Balaban J connectivity index is 2.58. The van der Waals surface area contributed by atoms with Crippen LogP contribution in [-0.4, -0.2) is 9.91 Å². The summed E-state index contributed by atoms with van der Waals surface area (Å²) in [5.41, 5.74) is 1.19. The van der Waals surface area contributed by atoms with Crippen molar-refractivity contribution >= 4 is 5.69 Å². The zero-order valence-corrected chi connectivity index (χ0v) is 7.83. The molecule has 0 fully saturated rings. The van der Waals surface area contributed by atoms with Crippen molar-refractivity contribution in [1.82, 2.24) is 4.98 Å². The Hall–Kier alpha value is -2.23. The molecule has 1 aromatic heterocycles. The van der Waals surface area contributed by atoms with E-state index in [2.05, 4.69) is 4.98 Å². The highest BCUT2D eigenvalue weighted by molar-refractivity contribution is 5.68. The molecule has 74 valence electrons. The molecule has 0 saturated carbocycles. The highest BCUT2D eigenvalue weighted by Crippen LogP contribution is 2.26. The van der Waals surface area contributed by atoms with Gasteiger partial charge in [-0.15, -0.1) is 0 Å². The molecule has 0 saturated heterocycles. The van der Waals surface area contributed by atoms with Gasteiger partial charge in [-0.1, -0.05) is 30.3 Å². The summed E-state index contributed by atoms with van der Waals surface area (Å²) in [6.07, 6.45) is 1.55. The van der Waals surface area contributed by atoms with Gasteiger partial charge in [-0.25, -0.2) is 4.98 Å². The van der Waals surface area contributed by atoms with Crippen LogP contribution >= 0.6 is 0 Å². The summed E-state index contributed by atoms with van der Waals surface area (Å²) in [5, 5.41) is 10.8. The lowest BCUT2D eigenvalue weighted by Gasteiger charge is -2.00. The Labute approximate surface area is 86.4 Å². The first kappa shape index (κ1) is 9.33. The fourth-order valence-corrected chi connectivity index (χ4v) is 1.36. The molecule has 0 aliphatic rings. The van der Waals surface area contributed by atoms with Crippen LogP contribution in [-0.2, 0) is 0 Å². The van der Waals surface area contributed by atoms with E-state index in [0.717, 1.165) is 5.56 Å². The summed E-state index contributed by atoms with van der Waals surface area (Å²) >= 11 is 0. The van der Waals surface area contributed by atoms with Crippen LogP contribution in [0.3, 0.4) is 0 Å². The third-order valence-corrected chi connectivity index (χ3v) is 2.03. The minimum atomic E-state index is -0.421. The average Bonchev–Trinajstić information content (AvgIpc) is 2.30. The van der Waals surface area contributed by atoms with E-state index < -0.39 is 4.92 Å². The van der Waals surface area contributed by atoms with E-state index in [-0.39, 0.29) is 5.69 Å². The highest BCUT2D eigenvalue weighted by Gasteiger charge is 2.14. The van der Waals surface area contributed by atoms with Crippen molar-refractivity contribution in [1.29, 1.82) is 0 Å². The van der Waals surface area contributed by atoms with Gasteiger partial charge >= 0.3 is 0 Å². The van der Waals surface area contributed by atoms with E-state index in [1.807, 2.05) is 18.2 Å². The topological polar surface area (TPSA) is 56.0 Å². The van der Waals surface area contributed by atoms with E-state index in [1.54, 1.807) is 24.4 Å². The molecule has 15 heavy (non-hydrogen) atoms. The van der Waals surface area contributed by atoms with Gasteiger partial charge in [0.25, 0.3) is 5.69 Å². The van der Waals surface area contributed by atoms with Crippen molar-refractivity contribution in [2.24, 2.45) is 0 Å². The molecule has 2 rings (SSSR count). The second kappa shape index (κ2) is 3.88. The molecule has 4 nitrogen and oxygen atoms in total. The smallest absolute Gasteiger partial charge is 0.258 e.